The van der Waals surface area contributed by atoms with Crippen molar-refractivity contribution in [2.45, 2.75) is 20.4 Å². The van der Waals surface area contributed by atoms with Crippen LogP contribution in [0.5, 0.6) is 0 Å². The Morgan fingerprint density at radius 2 is 1.90 bits per heavy atom. The number of alkyl halides is 1. The molecule has 0 aliphatic rings. The number of carbonyl (C=O) groups excluding carboxylic acids is 1. The van der Waals surface area contributed by atoms with E-state index in [1.54, 1.807) is 27.9 Å². The van der Waals surface area contributed by atoms with E-state index in [2.05, 4.69) is 0 Å². The highest BCUT2D eigenvalue weighted by atomic mass is 35.5. The van der Waals surface area contributed by atoms with Gasteiger partial charge in [0, 0.05) is 33.2 Å². The van der Waals surface area contributed by atoms with Gasteiger partial charge in [-0.15, -0.1) is 11.6 Å². The lowest BCUT2D eigenvalue weighted by molar-refractivity contribution is -0.138. The third-order valence-electron chi connectivity index (χ3n) is 3.18. The molecule has 1 aromatic heterocycles. The number of aryl methyl sites for hydroxylation is 1. The molecular formula is C13H20ClN3O3. The molecule has 0 saturated heterocycles. The van der Waals surface area contributed by atoms with Crippen LogP contribution < -0.4 is 11.2 Å². The van der Waals surface area contributed by atoms with Crippen molar-refractivity contribution in [2.75, 3.05) is 12.9 Å². The van der Waals surface area contributed by atoms with Gasteiger partial charge in [0.05, 0.1) is 17.5 Å². The number of aromatic nitrogens is 2. The molecule has 0 radical (unpaired) electrons. The molecular weight excluding hydrogens is 282 g/mol. The van der Waals surface area contributed by atoms with Crippen molar-refractivity contribution < 1.29 is 4.79 Å². The minimum atomic E-state index is -0.692. The van der Waals surface area contributed by atoms with E-state index in [1.165, 1.54) is 22.7 Å². The van der Waals surface area contributed by atoms with E-state index in [9.17, 15) is 14.4 Å². The first kappa shape index (κ1) is 16.5. The summed E-state index contributed by atoms with van der Waals surface area (Å²) in [7, 11) is 4.59. The van der Waals surface area contributed by atoms with Crippen molar-refractivity contribution in [3.63, 3.8) is 0 Å². The van der Waals surface area contributed by atoms with Crippen molar-refractivity contribution in [1.29, 1.82) is 0 Å². The second-order valence-corrected chi connectivity index (χ2v) is 5.86. The Kier molecular flexibility index (Phi) is 4.81. The summed E-state index contributed by atoms with van der Waals surface area (Å²) < 4.78 is 2.35. The number of hydrogen-bond donors (Lipinski definition) is 0. The van der Waals surface area contributed by atoms with Gasteiger partial charge in [-0.25, -0.2) is 4.79 Å². The van der Waals surface area contributed by atoms with Gasteiger partial charge in [0.1, 0.15) is 0 Å². The van der Waals surface area contributed by atoms with Gasteiger partial charge in [0.2, 0.25) is 5.91 Å². The molecule has 1 amide bonds. The van der Waals surface area contributed by atoms with Gasteiger partial charge in [-0.2, -0.15) is 0 Å². The fourth-order valence-corrected chi connectivity index (χ4v) is 2.01. The third kappa shape index (κ3) is 3.12. The standard InChI is InChI=1S/C13H20ClN3O3/c1-13(2,8-14)11(19)15(3)6-9-7-16(4)12(20)17(5)10(9)18/h7H,6,8H2,1-5H3. The number of amides is 1. The molecule has 0 bridgehead atoms. The molecule has 0 N–H and O–H groups in total. The van der Waals surface area contributed by atoms with Crippen LogP contribution in [0.4, 0.5) is 0 Å². The van der Waals surface area contributed by atoms with Gasteiger partial charge < -0.3 is 9.47 Å². The van der Waals surface area contributed by atoms with E-state index in [0.717, 1.165) is 4.57 Å². The molecule has 6 nitrogen and oxygen atoms in total. The molecule has 0 atom stereocenters. The quantitative estimate of drug-likeness (QED) is 0.752. The molecule has 112 valence electrons. The minimum Gasteiger partial charge on any atom is -0.341 e. The maximum Gasteiger partial charge on any atom is 0.330 e. The van der Waals surface area contributed by atoms with Crippen molar-refractivity contribution in [3.8, 4) is 0 Å². The molecule has 1 heterocycles. The van der Waals surface area contributed by atoms with Gasteiger partial charge in [-0.3, -0.25) is 14.2 Å². The van der Waals surface area contributed by atoms with Crippen molar-refractivity contribution in [3.05, 3.63) is 32.6 Å². The van der Waals surface area contributed by atoms with Gasteiger partial charge in [0.15, 0.2) is 0 Å². The molecule has 20 heavy (non-hydrogen) atoms. The average molecular weight is 302 g/mol. The second-order valence-electron chi connectivity index (χ2n) is 5.59. The molecule has 1 rings (SSSR count). The van der Waals surface area contributed by atoms with Crippen molar-refractivity contribution in [2.24, 2.45) is 19.5 Å². The van der Waals surface area contributed by atoms with Crippen LogP contribution in [0.1, 0.15) is 19.4 Å². The summed E-state index contributed by atoms with van der Waals surface area (Å²) in [6, 6.07) is 0. The summed E-state index contributed by atoms with van der Waals surface area (Å²) in [5.74, 6) is 0.0463. The maximum atomic E-state index is 12.2. The van der Waals surface area contributed by atoms with Gasteiger partial charge in [0.25, 0.3) is 5.56 Å². The Balaban J connectivity index is 3.10. The van der Waals surface area contributed by atoms with E-state index < -0.39 is 16.7 Å². The van der Waals surface area contributed by atoms with Crippen LogP contribution in [0.25, 0.3) is 0 Å². The highest BCUT2D eigenvalue weighted by Crippen LogP contribution is 2.20. The maximum absolute atomic E-state index is 12.2. The molecule has 0 spiro atoms. The zero-order valence-electron chi connectivity index (χ0n) is 12.4. The minimum absolute atomic E-state index is 0.139. The zero-order valence-corrected chi connectivity index (χ0v) is 13.2. The van der Waals surface area contributed by atoms with Crippen LogP contribution in [-0.4, -0.2) is 32.9 Å². The smallest absolute Gasteiger partial charge is 0.330 e. The van der Waals surface area contributed by atoms with Gasteiger partial charge >= 0.3 is 5.69 Å². The van der Waals surface area contributed by atoms with Crippen LogP contribution in [0.3, 0.4) is 0 Å². The number of carbonyl (C=O) groups is 1. The Hall–Kier alpha value is -1.56. The number of hydrogen-bond acceptors (Lipinski definition) is 3. The normalized spacial score (nSPS) is 11.5. The summed E-state index contributed by atoms with van der Waals surface area (Å²) in [5.41, 5.74) is -1.09. The predicted molar refractivity (Wildman–Crippen MR) is 77.9 cm³/mol. The Labute approximate surface area is 122 Å². The first-order valence-electron chi connectivity index (χ1n) is 6.19. The van der Waals surface area contributed by atoms with Crippen molar-refractivity contribution >= 4 is 17.5 Å². The monoisotopic (exact) mass is 301 g/mol. The fraction of sp³-hybridized carbons (Fsp3) is 0.615. The summed E-state index contributed by atoms with van der Waals surface area (Å²) in [5, 5.41) is 0. The fourth-order valence-electron chi connectivity index (χ4n) is 1.89. The van der Waals surface area contributed by atoms with E-state index in [0.29, 0.717) is 5.56 Å². The molecule has 1 aromatic rings. The summed E-state index contributed by atoms with van der Waals surface area (Å²) in [4.78, 5) is 37.3. The molecule has 0 unspecified atom stereocenters. The van der Waals surface area contributed by atoms with Crippen LogP contribution in [0.15, 0.2) is 15.8 Å². The second kappa shape index (κ2) is 5.83. The van der Waals surface area contributed by atoms with E-state index in [4.69, 9.17) is 11.6 Å². The van der Waals surface area contributed by atoms with Crippen LogP contribution in [-0.2, 0) is 25.4 Å². The summed E-state index contributed by atoms with van der Waals surface area (Å²) >= 11 is 5.78. The molecule has 0 aliphatic heterocycles. The average Bonchev–Trinajstić information content (AvgIpc) is 2.41. The van der Waals surface area contributed by atoms with E-state index in [-0.39, 0.29) is 18.3 Å². The highest BCUT2D eigenvalue weighted by molar-refractivity contribution is 6.19. The SMILES string of the molecule is CN(Cc1cn(C)c(=O)n(C)c1=O)C(=O)C(C)(C)CCl. The van der Waals surface area contributed by atoms with E-state index >= 15 is 0 Å². The van der Waals surface area contributed by atoms with Gasteiger partial charge in [-0.05, 0) is 13.8 Å². The highest BCUT2D eigenvalue weighted by Gasteiger charge is 2.29. The molecule has 0 fully saturated rings. The largest absolute Gasteiger partial charge is 0.341 e. The molecule has 0 saturated carbocycles. The van der Waals surface area contributed by atoms with Crippen LogP contribution >= 0.6 is 11.6 Å². The topological polar surface area (TPSA) is 64.3 Å². The van der Waals surface area contributed by atoms with Crippen LogP contribution in [0.2, 0.25) is 0 Å². The lowest BCUT2D eigenvalue weighted by atomic mass is 9.94. The number of halogens is 1. The number of rotatable bonds is 4. The first-order chi connectivity index (χ1) is 9.11. The zero-order chi connectivity index (χ0) is 15.7. The lowest BCUT2D eigenvalue weighted by Gasteiger charge is -2.27. The first-order valence-corrected chi connectivity index (χ1v) is 6.72. The molecule has 0 aliphatic carbocycles. The van der Waals surface area contributed by atoms with E-state index in [1.807, 2.05) is 0 Å². The summed E-state index contributed by atoms with van der Waals surface area (Å²) in [6.45, 7) is 3.63. The third-order valence-corrected chi connectivity index (χ3v) is 3.85. The molecule has 0 aromatic carbocycles. The Morgan fingerprint density at radius 1 is 1.35 bits per heavy atom. The molecule has 7 heteroatoms. The van der Waals surface area contributed by atoms with Crippen molar-refractivity contribution in [1.82, 2.24) is 14.0 Å². The Bertz CT molecular complexity index is 631. The van der Waals surface area contributed by atoms with Gasteiger partial charge in [-0.1, -0.05) is 0 Å². The Morgan fingerprint density at radius 3 is 2.40 bits per heavy atom. The number of nitrogens with zero attached hydrogens (tertiary/aromatic N) is 3. The lowest BCUT2D eigenvalue weighted by Crippen LogP contribution is -2.43. The van der Waals surface area contributed by atoms with Crippen LogP contribution in [0, 0.1) is 5.41 Å². The summed E-state index contributed by atoms with van der Waals surface area (Å²) in [6.07, 6.45) is 1.46. The predicted octanol–water partition coefficient (Wildman–Crippen LogP) is 0.307.